The van der Waals surface area contributed by atoms with Crippen LogP contribution < -0.4 is 14.8 Å². The fraction of sp³-hybridized carbons (Fsp3) is 0.231. The summed E-state index contributed by atoms with van der Waals surface area (Å²) in [5.41, 5.74) is 0.800. The Morgan fingerprint density at radius 2 is 1.39 bits per heavy atom. The third-order valence-corrected chi connectivity index (χ3v) is 7.60. The van der Waals surface area contributed by atoms with Crippen molar-refractivity contribution in [2.24, 2.45) is 0 Å². The standard InChI is InChI=1S/C22H15NO6S.C4H8O2/c24-21-15-3-1-2-4-19(15)30(26,27)20-11-13(5-7-16(20)21)22(25)23-14-6-8-17-18(12-14)29-10-9-28-17;1-2-6-4-3-5-1/h1-8,11-12H,9-10H2,(H,23,25);1-4H2. The van der Waals surface area contributed by atoms with Gasteiger partial charge in [0, 0.05) is 28.4 Å². The highest BCUT2D eigenvalue weighted by atomic mass is 32.2. The largest absolute Gasteiger partial charge is 0.486 e. The van der Waals surface area contributed by atoms with Crippen LogP contribution >= 0.6 is 0 Å². The number of benzene rings is 3. The molecule has 0 aliphatic carbocycles. The second kappa shape index (κ2) is 10.1. The Hall–Kier alpha value is -3.73. The van der Waals surface area contributed by atoms with Gasteiger partial charge in [-0.15, -0.1) is 0 Å². The fourth-order valence-electron chi connectivity index (χ4n) is 3.99. The summed E-state index contributed by atoms with van der Waals surface area (Å²) in [6, 6.07) is 15.1. The van der Waals surface area contributed by atoms with Crippen LogP contribution in [0.2, 0.25) is 0 Å². The average Bonchev–Trinajstić information content (AvgIpc) is 2.93. The molecule has 0 atom stereocenters. The predicted molar refractivity (Wildman–Crippen MR) is 129 cm³/mol. The van der Waals surface area contributed by atoms with Crippen LogP contribution in [0.15, 0.2) is 70.5 Å². The minimum atomic E-state index is -3.91. The third kappa shape index (κ3) is 4.70. The van der Waals surface area contributed by atoms with Crippen LogP contribution in [0.5, 0.6) is 11.5 Å². The summed E-state index contributed by atoms with van der Waals surface area (Å²) in [6.07, 6.45) is 0. The third-order valence-electron chi connectivity index (χ3n) is 5.74. The fourth-order valence-corrected chi connectivity index (χ4v) is 5.67. The number of rotatable bonds is 2. The van der Waals surface area contributed by atoms with E-state index >= 15 is 0 Å². The van der Waals surface area contributed by atoms with Gasteiger partial charge in [0.25, 0.3) is 5.91 Å². The molecule has 0 aromatic heterocycles. The lowest BCUT2D eigenvalue weighted by atomic mass is 10.0. The Bertz CT molecular complexity index is 1420. The summed E-state index contributed by atoms with van der Waals surface area (Å²) >= 11 is 0. The summed E-state index contributed by atoms with van der Waals surface area (Å²) in [7, 11) is -3.91. The van der Waals surface area contributed by atoms with E-state index in [4.69, 9.17) is 18.9 Å². The zero-order valence-electron chi connectivity index (χ0n) is 19.2. The van der Waals surface area contributed by atoms with Gasteiger partial charge < -0.3 is 24.3 Å². The lowest BCUT2D eigenvalue weighted by Crippen LogP contribution is -2.21. The Morgan fingerprint density at radius 1 is 0.722 bits per heavy atom. The van der Waals surface area contributed by atoms with E-state index in [2.05, 4.69) is 5.32 Å². The molecule has 36 heavy (non-hydrogen) atoms. The second-order valence-electron chi connectivity index (χ2n) is 8.08. The van der Waals surface area contributed by atoms with Crippen molar-refractivity contribution in [3.8, 4) is 11.5 Å². The number of carbonyl (C=O) groups excluding carboxylic acids is 2. The first-order valence-electron chi connectivity index (χ1n) is 11.3. The zero-order chi connectivity index (χ0) is 25.1. The lowest BCUT2D eigenvalue weighted by molar-refractivity contribution is -0.0334. The topological polar surface area (TPSA) is 117 Å². The number of hydrogen-bond acceptors (Lipinski definition) is 8. The number of fused-ring (bicyclic) bond motifs is 3. The van der Waals surface area contributed by atoms with Gasteiger partial charge in [-0.25, -0.2) is 8.42 Å². The SMILES string of the molecule is C1COCCO1.O=C(Nc1ccc2c(c1)OCCO2)c1ccc2c(c1)S(=O)(=O)c1ccccc1C2=O. The van der Waals surface area contributed by atoms with Gasteiger partial charge in [-0.2, -0.15) is 0 Å². The monoisotopic (exact) mass is 509 g/mol. The van der Waals surface area contributed by atoms with Gasteiger partial charge in [-0.3, -0.25) is 9.59 Å². The van der Waals surface area contributed by atoms with Crippen LogP contribution in [0.4, 0.5) is 5.69 Å². The number of carbonyl (C=O) groups is 2. The van der Waals surface area contributed by atoms with Crippen LogP contribution in [-0.2, 0) is 19.3 Å². The number of hydrogen-bond donors (Lipinski definition) is 1. The molecule has 3 aliphatic rings. The Balaban J connectivity index is 0.000000391. The quantitative estimate of drug-likeness (QED) is 0.438. The highest BCUT2D eigenvalue weighted by Crippen LogP contribution is 2.35. The molecule has 10 heteroatoms. The smallest absolute Gasteiger partial charge is 0.255 e. The molecule has 1 fully saturated rings. The van der Waals surface area contributed by atoms with Gasteiger partial charge in [0.1, 0.15) is 13.2 Å². The molecule has 1 saturated heterocycles. The van der Waals surface area contributed by atoms with Gasteiger partial charge in [-0.1, -0.05) is 12.1 Å². The maximum absolute atomic E-state index is 13.0. The van der Waals surface area contributed by atoms with E-state index in [9.17, 15) is 18.0 Å². The van der Waals surface area contributed by atoms with Gasteiger partial charge >= 0.3 is 0 Å². The van der Waals surface area contributed by atoms with E-state index in [-0.39, 0.29) is 32.3 Å². The van der Waals surface area contributed by atoms with E-state index in [0.29, 0.717) is 30.4 Å². The summed E-state index contributed by atoms with van der Waals surface area (Å²) in [5.74, 6) is 0.232. The van der Waals surface area contributed by atoms with Crippen LogP contribution in [-0.4, -0.2) is 59.7 Å². The van der Waals surface area contributed by atoms with Crippen molar-refractivity contribution in [1.29, 1.82) is 0 Å². The molecular formula is C26H23NO8S. The number of amides is 1. The van der Waals surface area contributed by atoms with E-state index in [0.717, 1.165) is 26.4 Å². The maximum atomic E-state index is 13.0. The van der Waals surface area contributed by atoms with Crippen LogP contribution in [0.1, 0.15) is 26.3 Å². The molecule has 3 heterocycles. The van der Waals surface area contributed by atoms with Gasteiger partial charge in [-0.05, 0) is 42.5 Å². The van der Waals surface area contributed by atoms with Crippen LogP contribution in [0.3, 0.4) is 0 Å². The summed E-state index contributed by atoms with van der Waals surface area (Å²) < 4.78 is 46.9. The first-order chi connectivity index (χ1) is 17.4. The predicted octanol–water partition coefficient (Wildman–Crippen LogP) is 3.12. The van der Waals surface area contributed by atoms with Crippen LogP contribution in [0, 0.1) is 0 Å². The number of anilines is 1. The number of nitrogens with one attached hydrogen (secondary N) is 1. The number of ketones is 1. The van der Waals surface area contributed by atoms with E-state index in [1.807, 2.05) is 0 Å². The lowest BCUT2D eigenvalue weighted by Gasteiger charge is -2.20. The molecule has 0 spiro atoms. The maximum Gasteiger partial charge on any atom is 0.255 e. The van der Waals surface area contributed by atoms with Crippen LogP contribution in [0.25, 0.3) is 0 Å². The Kier molecular flexibility index (Phi) is 6.73. The van der Waals surface area contributed by atoms with Crippen molar-refractivity contribution < 1.29 is 37.0 Å². The Labute approximate surface area is 207 Å². The minimum Gasteiger partial charge on any atom is -0.486 e. The first kappa shape index (κ1) is 24.0. The number of sulfone groups is 1. The van der Waals surface area contributed by atoms with Crippen molar-refractivity contribution in [2.75, 3.05) is 45.0 Å². The molecule has 0 radical (unpaired) electrons. The van der Waals surface area contributed by atoms with Crippen molar-refractivity contribution in [1.82, 2.24) is 0 Å². The van der Waals surface area contributed by atoms with E-state index in [1.165, 1.54) is 30.3 Å². The molecule has 3 aromatic rings. The highest BCUT2D eigenvalue weighted by molar-refractivity contribution is 7.91. The molecule has 1 N–H and O–H groups in total. The first-order valence-corrected chi connectivity index (χ1v) is 12.8. The molecule has 0 unspecified atom stereocenters. The van der Waals surface area contributed by atoms with Crippen molar-refractivity contribution in [3.05, 3.63) is 77.4 Å². The van der Waals surface area contributed by atoms with Crippen molar-refractivity contribution in [2.45, 2.75) is 9.79 Å². The molecular weight excluding hydrogens is 486 g/mol. The summed E-state index contributed by atoms with van der Waals surface area (Å²) in [5, 5.41) is 2.72. The van der Waals surface area contributed by atoms with Gasteiger partial charge in [0.2, 0.25) is 9.84 Å². The molecule has 0 bridgehead atoms. The molecule has 9 nitrogen and oxygen atoms in total. The Morgan fingerprint density at radius 3 is 2.11 bits per heavy atom. The van der Waals surface area contributed by atoms with Crippen molar-refractivity contribution >= 4 is 27.2 Å². The zero-order valence-corrected chi connectivity index (χ0v) is 20.0. The van der Waals surface area contributed by atoms with Gasteiger partial charge in [0.05, 0.1) is 36.2 Å². The number of ether oxygens (including phenoxy) is 4. The molecule has 3 aromatic carbocycles. The van der Waals surface area contributed by atoms with E-state index in [1.54, 1.807) is 30.3 Å². The van der Waals surface area contributed by atoms with Gasteiger partial charge in [0.15, 0.2) is 17.3 Å². The average molecular weight is 510 g/mol. The molecule has 1 amide bonds. The molecule has 0 saturated carbocycles. The molecule has 6 rings (SSSR count). The molecule has 3 aliphatic heterocycles. The normalized spacial score (nSPS) is 17.1. The second-order valence-corrected chi connectivity index (χ2v) is 9.96. The minimum absolute atomic E-state index is 0.0492. The summed E-state index contributed by atoms with van der Waals surface area (Å²) in [6.45, 7) is 3.99. The summed E-state index contributed by atoms with van der Waals surface area (Å²) in [4.78, 5) is 25.2. The van der Waals surface area contributed by atoms with E-state index < -0.39 is 15.7 Å². The van der Waals surface area contributed by atoms with Crippen molar-refractivity contribution in [3.63, 3.8) is 0 Å². The molecule has 186 valence electrons. The highest BCUT2D eigenvalue weighted by Gasteiger charge is 2.35.